The van der Waals surface area contributed by atoms with Gasteiger partial charge < -0.3 is 15.0 Å². The molecule has 0 spiro atoms. The Balaban J connectivity index is 1.34. The molecule has 0 radical (unpaired) electrons. The number of amides is 1. The van der Waals surface area contributed by atoms with Crippen molar-refractivity contribution < 1.29 is 22.8 Å². The number of para-hydroxylation sites is 1. The molecule has 2 aromatic carbocycles. The van der Waals surface area contributed by atoms with Crippen molar-refractivity contribution in [3.63, 3.8) is 0 Å². The van der Waals surface area contributed by atoms with Crippen molar-refractivity contribution in [1.82, 2.24) is 4.31 Å². The number of carbonyl (C=O) groups excluding carboxylic acids is 1. The van der Waals surface area contributed by atoms with Gasteiger partial charge in [-0.05, 0) is 42.8 Å². The highest BCUT2D eigenvalue weighted by atomic mass is 32.2. The average molecular weight is 417 g/mol. The smallest absolute Gasteiger partial charge is 0.243 e. The zero-order chi connectivity index (χ0) is 20.4. The Bertz CT molecular complexity index is 986. The second-order valence-corrected chi connectivity index (χ2v) is 9.46. The Labute approximate surface area is 171 Å². The maximum Gasteiger partial charge on any atom is 0.243 e. The van der Waals surface area contributed by atoms with Gasteiger partial charge in [-0.2, -0.15) is 4.31 Å². The van der Waals surface area contributed by atoms with E-state index in [1.165, 1.54) is 4.90 Å². The third-order valence-electron chi connectivity index (χ3n) is 5.68. The first kappa shape index (κ1) is 19.9. The van der Waals surface area contributed by atoms with Gasteiger partial charge in [0.25, 0.3) is 0 Å². The molecule has 0 aliphatic carbocycles. The number of benzene rings is 2. The molecule has 154 valence electrons. The number of hydrogen-bond acceptors (Lipinski definition) is 4. The van der Waals surface area contributed by atoms with E-state index in [0.29, 0.717) is 25.4 Å². The molecule has 2 N–H and O–H groups in total. The number of quaternary nitrogens is 1. The van der Waals surface area contributed by atoms with Crippen LogP contribution in [0.25, 0.3) is 0 Å². The van der Waals surface area contributed by atoms with E-state index in [0.717, 1.165) is 30.9 Å². The second kappa shape index (κ2) is 8.14. The number of fused-ring (bicyclic) bond motifs is 1. The van der Waals surface area contributed by atoms with E-state index in [2.05, 4.69) is 5.32 Å². The predicted molar refractivity (Wildman–Crippen MR) is 110 cm³/mol. The van der Waals surface area contributed by atoms with Crippen LogP contribution in [0.3, 0.4) is 0 Å². The van der Waals surface area contributed by atoms with E-state index in [1.54, 1.807) is 29.4 Å². The highest BCUT2D eigenvalue weighted by molar-refractivity contribution is 7.89. The van der Waals surface area contributed by atoms with Crippen LogP contribution in [0.1, 0.15) is 18.4 Å². The molecule has 2 aromatic rings. The molecule has 0 aromatic heterocycles. The van der Waals surface area contributed by atoms with Gasteiger partial charge in [0.05, 0.1) is 37.0 Å². The molecule has 0 saturated carbocycles. The van der Waals surface area contributed by atoms with Gasteiger partial charge >= 0.3 is 0 Å². The molecule has 1 atom stereocenters. The number of nitrogens with one attached hydrogen (secondary N) is 2. The van der Waals surface area contributed by atoms with Crippen LogP contribution in [0.15, 0.2) is 53.4 Å². The minimum atomic E-state index is -3.56. The molecular weight excluding hydrogens is 390 g/mol. The van der Waals surface area contributed by atoms with Crippen LogP contribution in [0.5, 0.6) is 5.75 Å². The van der Waals surface area contributed by atoms with Gasteiger partial charge in [0, 0.05) is 5.69 Å². The lowest BCUT2D eigenvalue weighted by Crippen LogP contribution is -3.15. The monoisotopic (exact) mass is 416 g/mol. The summed E-state index contributed by atoms with van der Waals surface area (Å²) in [6.45, 7) is 5.69. The van der Waals surface area contributed by atoms with Crippen molar-refractivity contribution in [1.29, 1.82) is 0 Å². The Morgan fingerprint density at radius 3 is 2.59 bits per heavy atom. The molecule has 7 nitrogen and oxygen atoms in total. The van der Waals surface area contributed by atoms with E-state index >= 15 is 0 Å². The third kappa shape index (κ3) is 4.14. The number of carbonyl (C=O) groups is 1. The van der Waals surface area contributed by atoms with Crippen LogP contribution in [-0.2, 0) is 14.8 Å². The number of rotatable bonds is 6. The summed E-state index contributed by atoms with van der Waals surface area (Å²) in [6, 6.07) is 14.6. The lowest BCUT2D eigenvalue weighted by molar-refractivity contribution is -0.903. The Kier molecular flexibility index (Phi) is 5.58. The number of nitrogens with zero attached hydrogens (tertiary/aromatic N) is 1. The first-order valence-electron chi connectivity index (χ1n) is 9.91. The van der Waals surface area contributed by atoms with Gasteiger partial charge in [0.1, 0.15) is 18.9 Å². The Hall–Kier alpha value is -2.42. The maximum absolute atomic E-state index is 13.1. The van der Waals surface area contributed by atoms with Crippen molar-refractivity contribution in [2.45, 2.75) is 17.7 Å². The molecular formula is C21H26N3O4S+. The molecule has 1 amide bonds. The molecule has 4 rings (SSSR count). The first-order valence-corrected chi connectivity index (χ1v) is 11.4. The average Bonchev–Trinajstić information content (AvgIpc) is 3.02. The molecule has 0 unspecified atom stereocenters. The quantitative estimate of drug-likeness (QED) is 0.727. The van der Waals surface area contributed by atoms with Crippen molar-refractivity contribution in [2.24, 2.45) is 0 Å². The molecule has 2 heterocycles. The summed E-state index contributed by atoms with van der Waals surface area (Å²) < 4.78 is 33.4. The van der Waals surface area contributed by atoms with Crippen LogP contribution in [-0.4, -0.2) is 58.0 Å². The number of anilines is 1. The van der Waals surface area contributed by atoms with Gasteiger partial charge in [-0.1, -0.05) is 18.2 Å². The van der Waals surface area contributed by atoms with E-state index in [-0.39, 0.29) is 16.7 Å². The lowest BCUT2D eigenvalue weighted by atomic mass is 10.0. The van der Waals surface area contributed by atoms with E-state index in [1.807, 2.05) is 30.3 Å². The van der Waals surface area contributed by atoms with Crippen LogP contribution < -0.4 is 15.0 Å². The number of hydrogen-bond donors (Lipinski definition) is 2. The molecule has 8 heteroatoms. The SMILES string of the molecule is C[C@@H]1C(=O)Nc2ccc(S(=O)(=O)N3CC[NH+](CCOc4ccccc4)CC3)cc21. The van der Waals surface area contributed by atoms with Crippen molar-refractivity contribution in [3.05, 3.63) is 54.1 Å². The first-order chi connectivity index (χ1) is 13.9. The van der Waals surface area contributed by atoms with Gasteiger partial charge in [0.15, 0.2) is 0 Å². The van der Waals surface area contributed by atoms with Crippen molar-refractivity contribution in [2.75, 3.05) is 44.6 Å². The van der Waals surface area contributed by atoms with Crippen LogP contribution in [0, 0.1) is 0 Å². The highest BCUT2D eigenvalue weighted by Crippen LogP contribution is 2.34. The molecule has 2 aliphatic heterocycles. The third-order valence-corrected chi connectivity index (χ3v) is 7.57. The topological polar surface area (TPSA) is 80.2 Å². The fraction of sp³-hybridized carbons (Fsp3) is 0.381. The van der Waals surface area contributed by atoms with E-state index in [4.69, 9.17) is 4.74 Å². The van der Waals surface area contributed by atoms with Gasteiger partial charge in [-0.25, -0.2) is 8.42 Å². The Morgan fingerprint density at radius 1 is 1.14 bits per heavy atom. The zero-order valence-corrected chi connectivity index (χ0v) is 17.2. The standard InChI is InChI=1S/C21H25N3O4S/c1-16-19-15-18(7-8-20(19)22-21(16)25)29(26,27)24-11-9-23(10-12-24)13-14-28-17-5-3-2-4-6-17/h2-8,15-16H,9-14H2,1H3,(H,22,25)/p+1/t16-/m0/s1. The minimum absolute atomic E-state index is 0.0931. The maximum atomic E-state index is 13.1. The van der Waals surface area contributed by atoms with Gasteiger partial charge in [-0.3, -0.25) is 4.79 Å². The van der Waals surface area contributed by atoms with E-state index in [9.17, 15) is 13.2 Å². The molecule has 1 fully saturated rings. The Morgan fingerprint density at radius 2 is 1.86 bits per heavy atom. The molecule has 0 bridgehead atoms. The summed E-state index contributed by atoms with van der Waals surface area (Å²) in [5.74, 6) is 0.433. The highest BCUT2D eigenvalue weighted by Gasteiger charge is 2.33. The summed E-state index contributed by atoms with van der Waals surface area (Å²) in [6.07, 6.45) is 0. The van der Waals surface area contributed by atoms with Crippen molar-refractivity contribution >= 4 is 21.6 Å². The summed E-state index contributed by atoms with van der Waals surface area (Å²) >= 11 is 0. The number of piperazine rings is 1. The zero-order valence-electron chi connectivity index (χ0n) is 16.4. The van der Waals surface area contributed by atoms with Crippen LogP contribution in [0.2, 0.25) is 0 Å². The summed E-state index contributed by atoms with van der Waals surface area (Å²) in [5.41, 5.74) is 1.45. The normalized spacial score (nSPS) is 20.3. The van der Waals surface area contributed by atoms with Gasteiger partial charge in [0.2, 0.25) is 15.9 Å². The fourth-order valence-electron chi connectivity index (χ4n) is 3.83. The molecule has 1 saturated heterocycles. The van der Waals surface area contributed by atoms with Crippen LogP contribution in [0.4, 0.5) is 5.69 Å². The predicted octanol–water partition coefficient (Wildman–Crippen LogP) is 0.710. The largest absolute Gasteiger partial charge is 0.488 e. The van der Waals surface area contributed by atoms with Crippen LogP contribution >= 0.6 is 0 Å². The summed E-state index contributed by atoms with van der Waals surface area (Å²) in [5, 5.41) is 2.78. The van der Waals surface area contributed by atoms with Crippen molar-refractivity contribution in [3.8, 4) is 5.75 Å². The summed E-state index contributed by atoms with van der Waals surface area (Å²) in [4.78, 5) is 13.4. The summed E-state index contributed by atoms with van der Waals surface area (Å²) in [7, 11) is -3.56. The number of sulfonamides is 1. The lowest BCUT2D eigenvalue weighted by Gasteiger charge is -2.31. The molecule has 2 aliphatic rings. The number of ether oxygens (including phenoxy) is 1. The minimum Gasteiger partial charge on any atom is -0.488 e. The fourth-order valence-corrected chi connectivity index (χ4v) is 5.30. The van der Waals surface area contributed by atoms with E-state index < -0.39 is 10.0 Å². The second-order valence-electron chi connectivity index (χ2n) is 7.53. The molecule has 29 heavy (non-hydrogen) atoms. The van der Waals surface area contributed by atoms with Gasteiger partial charge in [-0.15, -0.1) is 0 Å².